The molecule has 0 N–H and O–H groups in total. The molecule has 29 heavy (non-hydrogen) atoms. The molecular weight excluding hydrogens is 420 g/mol. The van der Waals surface area contributed by atoms with Crippen LogP contribution in [0.5, 0.6) is 0 Å². The minimum Gasteiger partial charge on any atom is -0.207 e. The molecule has 2 aromatic carbocycles. The Balaban J connectivity index is 1.67. The molecule has 2 heterocycles. The Morgan fingerprint density at radius 3 is 2.24 bits per heavy atom. The lowest BCUT2D eigenvalue weighted by atomic mass is 9.91. The van der Waals surface area contributed by atoms with Crippen LogP contribution in [-0.2, 0) is 10.2 Å². The smallest absolute Gasteiger partial charge is 0.207 e. The summed E-state index contributed by atoms with van der Waals surface area (Å²) >= 11 is 5.98. The second-order valence-electron chi connectivity index (χ2n) is 7.22. The van der Waals surface area contributed by atoms with Crippen LogP contribution in [0, 0.1) is 0 Å². The maximum absolute atomic E-state index is 13.5. The minimum absolute atomic E-state index is 0.122. The van der Waals surface area contributed by atoms with Crippen molar-refractivity contribution in [2.45, 2.75) is 24.7 Å². The Kier molecular flexibility index (Phi) is 5.35. The number of halogens is 3. The molecule has 1 fully saturated rings. The Hall–Kier alpha value is -2.03. The summed E-state index contributed by atoms with van der Waals surface area (Å²) in [6.45, 7) is -0.307. The van der Waals surface area contributed by atoms with E-state index in [1.165, 1.54) is 0 Å². The highest BCUT2D eigenvalue weighted by Gasteiger charge is 2.43. The van der Waals surface area contributed by atoms with Crippen LogP contribution in [0.15, 0.2) is 59.7 Å². The molecule has 1 atom stereocenters. The SMILES string of the molecule is O=S(=O)(N1CCC(F)(F)CC1)N1CC(c2ccccc2)C(c2ccc(Cl)cc2)=N1. The molecule has 154 valence electrons. The third-order valence-corrected chi connectivity index (χ3v) is 7.31. The van der Waals surface area contributed by atoms with E-state index in [2.05, 4.69) is 5.10 Å². The zero-order valence-corrected chi connectivity index (χ0v) is 17.1. The normalized spacial score (nSPS) is 22.5. The Labute approximate surface area is 173 Å². The number of rotatable bonds is 4. The van der Waals surface area contributed by atoms with E-state index in [9.17, 15) is 17.2 Å². The van der Waals surface area contributed by atoms with Gasteiger partial charge in [0.1, 0.15) is 0 Å². The van der Waals surface area contributed by atoms with E-state index in [1.54, 1.807) is 24.3 Å². The molecule has 5 nitrogen and oxygen atoms in total. The quantitative estimate of drug-likeness (QED) is 0.719. The lowest BCUT2D eigenvalue weighted by Crippen LogP contribution is -2.47. The van der Waals surface area contributed by atoms with Gasteiger partial charge in [0.2, 0.25) is 0 Å². The van der Waals surface area contributed by atoms with Crippen LogP contribution in [0.2, 0.25) is 5.02 Å². The van der Waals surface area contributed by atoms with Crippen LogP contribution >= 0.6 is 11.6 Å². The molecule has 0 amide bonds. The molecule has 0 saturated carbocycles. The summed E-state index contributed by atoms with van der Waals surface area (Å²) in [5.74, 6) is -3.08. The van der Waals surface area contributed by atoms with Gasteiger partial charge in [-0.2, -0.15) is 22.2 Å². The molecule has 0 spiro atoms. The Bertz CT molecular complexity index is 1000. The van der Waals surface area contributed by atoms with E-state index < -0.39 is 29.0 Å². The predicted octanol–water partition coefficient (Wildman–Crippen LogP) is 4.12. The monoisotopic (exact) mass is 439 g/mol. The summed E-state index contributed by atoms with van der Waals surface area (Å²) < 4.78 is 55.2. The summed E-state index contributed by atoms with van der Waals surface area (Å²) in [6, 6.07) is 16.6. The average molecular weight is 440 g/mol. The van der Waals surface area contributed by atoms with E-state index in [1.807, 2.05) is 30.3 Å². The van der Waals surface area contributed by atoms with E-state index in [0.717, 1.165) is 19.8 Å². The van der Waals surface area contributed by atoms with E-state index in [-0.39, 0.29) is 25.6 Å². The number of nitrogens with zero attached hydrogens (tertiary/aromatic N) is 3. The fourth-order valence-electron chi connectivity index (χ4n) is 3.62. The Morgan fingerprint density at radius 1 is 1.00 bits per heavy atom. The lowest BCUT2D eigenvalue weighted by molar-refractivity contribution is -0.0419. The topological polar surface area (TPSA) is 53.0 Å². The number of alkyl halides is 2. The molecule has 1 saturated heterocycles. The van der Waals surface area contributed by atoms with Gasteiger partial charge in [-0.25, -0.2) is 8.78 Å². The number of hydrazone groups is 1. The maximum Gasteiger partial charge on any atom is 0.318 e. The van der Waals surface area contributed by atoms with E-state index in [0.29, 0.717) is 10.7 Å². The van der Waals surface area contributed by atoms with Crippen molar-refractivity contribution in [3.63, 3.8) is 0 Å². The molecule has 0 radical (unpaired) electrons. The molecule has 2 aliphatic rings. The summed E-state index contributed by atoms with van der Waals surface area (Å²) in [4.78, 5) is 0. The number of piperidine rings is 1. The minimum atomic E-state index is -3.98. The van der Waals surface area contributed by atoms with Crippen molar-refractivity contribution in [3.8, 4) is 0 Å². The van der Waals surface area contributed by atoms with Gasteiger partial charge < -0.3 is 0 Å². The molecule has 2 aromatic rings. The maximum atomic E-state index is 13.5. The summed E-state index contributed by atoms with van der Waals surface area (Å²) in [5.41, 5.74) is 2.31. The van der Waals surface area contributed by atoms with Gasteiger partial charge in [-0.1, -0.05) is 54.1 Å². The third kappa shape index (κ3) is 4.15. The van der Waals surface area contributed by atoms with Crippen LogP contribution in [-0.4, -0.2) is 48.4 Å². The largest absolute Gasteiger partial charge is 0.318 e. The van der Waals surface area contributed by atoms with Gasteiger partial charge in [-0.15, -0.1) is 0 Å². The Morgan fingerprint density at radius 2 is 1.62 bits per heavy atom. The van der Waals surface area contributed by atoms with Crippen LogP contribution in [0.4, 0.5) is 8.78 Å². The second-order valence-corrected chi connectivity index (χ2v) is 9.49. The van der Waals surface area contributed by atoms with Crippen molar-refractivity contribution < 1.29 is 17.2 Å². The first-order valence-corrected chi connectivity index (χ1v) is 11.1. The van der Waals surface area contributed by atoms with Crippen molar-refractivity contribution in [1.82, 2.24) is 8.72 Å². The summed E-state index contributed by atoms with van der Waals surface area (Å²) in [6.07, 6.45) is -0.953. The first-order chi connectivity index (χ1) is 13.8. The number of hydrogen-bond donors (Lipinski definition) is 0. The number of benzene rings is 2. The van der Waals surface area contributed by atoms with Gasteiger partial charge >= 0.3 is 10.2 Å². The zero-order chi connectivity index (χ0) is 20.6. The molecule has 9 heteroatoms. The van der Waals surface area contributed by atoms with E-state index >= 15 is 0 Å². The zero-order valence-electron chi connectivity index (χ0n) is 15.5. The fourth-order valence-corrected chi connectivity index (χ4v) is 5.19. The lowest BCUT2D eigenvalue weighted by Gasteiger charge is -2.32. The van der Waals surface area contributed by atoms with Crippen molar-refractivity contribution >= 4 is 27.5 Å². The van der Waals surface area contributed by atoms with Gasteiger partial charge in [-0.3, -0.25) is 0 Å². The molecular formula is C20H20ClF2N3O2S. The number of hydrogen-bond acceptors (Lipinski definition) is 3. The van der Waals surface area contributed by atoms with Gasteiger partial charge in [0.15, 0.2) is 0 Å². The van der Waals surface area contributed by atoms with Gasteiger partial charge in [0.25, 0.3) is 5.92 Å². The van der Waals surface area contributed by atoms with Gasteiger partial charge in [0, 0.05) is 36.9 Å². The first kappa shape index (κ1) is 20.3. The molecule has 0 aromatic heterocycles. The van der Waals surface area contributed by atoms with E-state index in [4.69, 9.17) is 11.6 Å². The van der Waals surface area contributed by atoms with Crippen LogP contribution in [0.1, 0.15) is 29.9 Å². The third-order valence-electron chi connectivity index (χ3n) is 5.28. The fraction of sp³-hybridized carbons (Fsp3) is 0.350. The van der Waals surface area contributed by atoms with Crippen molar-refractivity contribution in [2.24, 2.45) is 5.10 Å². The summed E-state index contributed by atoms with van der Waals surface area (Å²) in [7, 11) is -3.98. The van der Waals surface area contributed by atoms with Gasteiger partial charge in [0.05, 0.1) is 12.3 Å². The summed E-state index contributed by atoms with van der Waals surface area (Å²) in [5, 5.41) is 4.99. The van der Waals surface area contributed by atoms with Crippen LogP contribution < -0.4 is 0 Å². The van der Waals surface area contributed by atoms with Crippen molar-refractivity contribution in [3.05, 3.63) is 70.7 Å². The molecule has 2 aliphatic heterocycles. The van der Waals surface area contributed by atoms with Crippen molar-refractivity contribution in [2.75, 3.05) is 19.6 Å². The highest BCUT2D eigenvalue weighted by Crippen LogP contribution is 2.34. The standard InChI is InChI=1S/C20H20ClF2N3O2S/c21-17-8-6-16(7-9-17)19-18(15-4-2-1-3-5-15)14-26(24-19)29(27,28)25-12-10-20(22,23)11-13-25/h1-9,18H,10-14H2. The predicted molar refractivity (Wildman–Crippen MR) is 109 cm³/mol. The van der Waals surface area contributed by atoms with Crippen LogP contribution in [0.3, 0.4) is 0 Å². The highest BCUT2D eigenvalue weighted by atomic mass is 35.5. The second kappa shape index (κ2) is 7.66. The van der Waals surface area contributed by atoms with Crippen LogP contribution in [0.25, 0.3) is 0 Å². The van der Waals surface area contributed by atoms with Gasteiger partial charge in [-0.05, 0) is 23.3 Å². The molecule has 0 aliphatic carbocycles. The average Bonchev–Trinajstić information content (AvgIpc) is 3.15. The highest BCUT2D eigenvalue weighted by molar-refractivity contribution is 7.86. The molecule has 4 rings (SSSR count). The molecule has 1 unspecified atom stereocenters. The first-order valence-electron chi connectivity index (χ1n) is 9.31. The molecule has 0 bridgehead atoms. The van der Waals surface area contributed by atoms with Crippen molar-refractivity contribution in [1.29, 1.82) is 0 Å².